The number of phenolic OH excluding ortho intramolecular Hbond substituents is 1. The first kappa shape index (κ1) is 12.4. The van der Waals surface area contributed by atoms with Gasteiger partial charge < -0.3 is 15.2 Å². The van der Waals surface area contributed by atoms with Gasteiger partial charge in [-0.1, -0.05) is 18.2 Å². The van der Waals surface area contributed by atoms with E-state index in [0.29, 0.717) is 17.6 Å². The van der Waals surface area contributed by atoms with Crippen LogP contribution in [0.3, 0.4) is 0 Å². The van der Waals surface area contributed by atoms with Crippen molar-refractivity contribution in [3.8, 4) is 5.75 Å². The number of benzene rings is 1. The molecule has 1 saturated heterocycles. The zero-order valence-corrected chi connectivity index (χ0v) is 10.4. The summed E-state index contributed by atoms with van der Waals surface area (Å²) in [6.07, 6.45) is 2.30. The molecule has 3 nitrogen and oxygen atoms in total. The Labute approximate surface area is 103 Å². The quantitative estimate of drug-likeness (QED) is 0.840. The topological polar surface area (TPSA) is 41.5 Å². The summed E-state index contributed by atoms with van der Waals surface area (Å²) in [5.74, 6) is 1.24. The summed E-state index contributed by atoms with van der Waals surface area (Å²) in [5.41, 5.74) is 1.04. The van der Waals surface area contributed by atoms with E-state index in [1.807, 2.05) is 25.2 Å². The third-order valence-corrected chi connectivity index (χ3v) is 3.52. The van der Waals surface area contributed by atoms with Gasteiger partial charge in [-0.05, 0) is 37.4 Å². The van der Waals surface area contributed by atoms with E-state index in [9.17, 15) is 5.11 Å². The van der Waals surface area contributed by atoms with Crippen LogP contribution in [0.15, 0.2) is 24.3 Å². The van der Waals surface area contributed by atoms with Crippen LogP contribution in [0.2, 0.25) is 0 Å². The van der Waals surface area contributed by atoms with Crippen LogP contribution in [-0.2, 0) is 4.74 Å². The van der Waals surface area contributed by atoms with Gasteiger partial charge in [-0.15, -0.1) is 0 Å². The van der Waals surface area contributed by atoms with Gasteiger partial charge in [0.05, 0.1) is 6.61 Å². The van der Waals surface area contributed by atoms with Crippen molar-refractivity contribution >= 4 is 0 Å². The minimum absolute atomic E-state index is 0.335. The fraction of sp³-hybridized carbons (Fsp3) is 0.571. The normalized spacial score (nSPS) is 22.3. The molecule has 2 N–H and O–H groups in total. The Morgan fingerprint density at radius 3 is 2.94 bits per heavy atom. The van der Waals surface area contributed by atoms with Gasteiger partial charge >= 0.3 is 0 Å². The smallest absolute Gasteiger partial charge is 0.119 e. The summed E-state index contributed by atoms with van der Waals surface area (Å²) >= 11 is 0. The van der Waals surface area contributed by atoms with Crippen molar-refractivity contribution in [2.45, 2.75) is 18.8 Å². The van der Waals surface area contributed by atoms with E-state index < -0.39 is 0 Å². The zero-order valence-electron chi connectivity index (χ0n) is 10.4. The predicted molar refractivity (Wildman–Crippen MR) is 68.3 cm³/mol. The lowest BCUT2D eigenvalue weighted by Crippen LogP contribution is -2.30. The van der Waals surface area contributed by atoms with Crippen molar-refractivity contribution in [1.82, 2.24) is 5.32 Å². The number of nitrogens with one attached hydrogen (secondary N) is 1. The maximum atomic E-state index is 9.97. The van der Waals surface area contributed by atoms with Crippen molar-refractivity contribution < 1.29 is 9.84 Å². The lowest BCUT2D eigenvalue weighted by molar-refractivity contribution is 0.0439. The largest absolute Gasteiger partial charge is 0.508 e. The van der Waals surface area contributed by atoms with Gasteiger partial charge in [0.1, 0.15) is 5.75 Å². The van der Waals surface area contributed by atoms with Crippen molar-refractivity contribution in [2.75, 3.05) is 26.8 Å². The molecule has 0 aromatic heterocycles. The summed E-state index contributed by atoms with van der Waals surface area (Å²) in [6, 6.07) is 7.64. The van der Waals surface area contributed by atoms with E-state index in [4.69, 9.17) is 4.74 Å². The molecular weight excluding hydrogens is 214 g/mol. The fourth-order valence-corrected chi connectivity index (χ4v) is 2.63. The molecule has 2 unspecified atom stereocenters. The van der Waals surface area contributed by atoms with E-state index >= 15 is 0 Å². The first-order chi connectivity index (χ1) is 8.33. The van der Waals surface area contributed by atoms with Crippen molar-refractivity contribution in [3.05, 3.63) is 29.8 Å². The van der Waals surface area contributed by atoms with E-state index in [1.165, 1.54) is 6.42 Å². The molecule has 1 aliphatic rings. The van der Waals surface area contributed by atoms with Gasteiger partial charge in [-0.3, -0.25) is 0 Å². The summed E-state index contributed by atoms with van der Waals surface area (Å²) in [7, 11) is 1.96. The summed E-state index contributed by atoms with van der Waals surface area (Å²) in [6.45, 7) is 2.57. The van der Waals surface area contributed by atoms with Crippen molar-refractivity contribution in [1.29, 1.82) is 0 Å². The number of likely N-dealkylation sites (N-methyl/N-ethyl adjacent to an activating group) is 1. The highest BCUT2D eigenvalue weighted by Gasteiger charge is 2.26. The SMILES string of the molecule is CNCC(c1ccccc1O)C1CCCOC1. The lowest BCUT2D eigenvalue weighted by Gasteiger charge is -2.30. The number of aromatic hydroxyl groups is 1. The van der Waals surface area contributed by atoms with E-state index in [-0.39, 0.29) is 0 Å². The zero-order chi connectivity index (χ0) is 12.1. The average molecular weight is 235 g/mol. The standard InChI is InChI=1S/C14H21NO2/c1-15-9-13(11-5-4-8-17-10-11)12-6-2-3-7-14(12)16/h2-3,6-7,11,13,15-16H,4-5,8-10H2,1H3. The molecule has 1 heterocycles. The molecule has 1 aliphatic heterocycles. The molecule has 0 bridgehead atoms. The van der Waals surface area contributed by atoms with Gasteiger partial charge in [-0.2, -0.15) is 0 Å². The number of hydrogen-bond donors (Lipinski definition) is 2. The van der Waals surface area contributed by atoms with E-state index in [1.54, 1.807) is 6.07 Å². The number of ether oxygens (including phenoxy) is 1. The minimum Gasteiger partial charge on any atom is -0.508 e. The molecule has 17 heavy (non-hydrogen) atoms. The summed E-state index contributed by atoms with van der Waals surface area (Å²) in [4.78, 5) is 0. The van der Waals surface area contributed by atoms with Crippen molar-refractivity contribution in [2.24, 2.45) is 5.92 Å². The third-order valence-electron chi connectivity index (χ3n) is 3.52. The van der Waals surface area contributed by atoms with Crippen molar-refractivity contribution in [3.63, 3.8) is 0 Å². The van der Waals surface area contributed by atoms with Gasteiger partial charge in [0.15, 0.2) is 0 Å². The predicted octanol–water partition coefficient (Wildman–Crippen LogP) is 2.12. The second-order valence-corrected chi connectivity index (χ2v) is 4.70. The molecule has 0 spiro atoms. The molecule has 2 rings (SSSR count). The number of hydrogen-bond acceptors (Lipinski definition) is 3. The van der Waals surface area contributed by atoms with Gasteiger partial charge in [0.2, 0.25) is 0 Å². The van der Waals surface area contributed by atoms with E-state index in [2.05, 4.69) is 5.32 Å². The summed E-state index contributed by atoms with van der Waals surface area (Å²) < 4.78 is 5.56. The first-order valence-corrected chi connectivity index (χ1v) is 6.33. The fourth-order valence-electron chi connectivity index (χ4n) is 2.63. The maximum absolute atomic E-state index is 9.97. The Morgan fingerprint density at radius 1 is 1.47 bits per heavy atom. The van der Waals surface area contributed by atoms with Crippen LogP contribution < -0.4 is 5.32 Å². The Morgan fingerprint density at radius 2 is 2.29 bits per heavy atom. The molecule has 1 fully saturated rings. The second-order valence-electron chi connectivity index (χ2n) is 4.70. The average Bonchev–Trinajstić information content (AvgIpc) is 2.38. The molecule has 94 valence electrons. The Bertz CT molecular complexity index is 348. The monoisotopic (exact) mass is 235 g/mol. The van der Waals surface area contributed by atoms with Crippen LogP contribution in [-0.4, -0.2) is 31.9 Å². The highest BCUT2D eigenvalue weighted by atomic mass is 16.5. The van der Waals surface area contributed by atoms with Crippen LogP contribution >= 0.6 is 0 Å². The van der Waals surface area contributed by atoms with Crippen LogP contribution in [0.5, 0.6) is 5.75 Å². The Kier molecular flexibility index (Phi) is 4.40. The molecule has 1 aromatic carbocycles. The van der Waals surface area contributed by atoms with Gasteiger partial charge in [0.25, 0.3) is 0 Å². The summed E-state index contributed by atoms with van der Waals surface area (Å²) in [5, 5.41) is 13.2. The molecule has 1 aromatic rings. The highest BCUT2D eigenvalue weighted by molar-refractivity contribution is 5.35. The molecular formula is C14H21NO2. The van der Waals surface area contributed by atoms with Crippen LogP contribution in [0, 0.1) is 5.92 Å². The highest BCUT2D eigenvalue weighted by Crippen LogP contribution is 2.34. The number of rotatable bonds is 4. The molecule has 0 aliphatic carbocycles. The molecule has 2 atom stereocenters. The van der Waals surface area contributed by atoms with E-state index in [0.717, 1.165) is 31.7 Å². The lowest BCUT2D eigenvalue weighted by atomic mass is 9.82. The number of phenols is 1. The second kappa shape index (κ2) is 6.03. The Balaban J connectivity index is 2.18. The first-order valence-electron chi connectivity index (χ1n) is 6.33. The number of para-hydroxylation sites is 1. The molecule has 0 radical (unpaired) electrons. The van der Waals surface area contributed by atoms with Gasteiger partial charge in [0, 0.05) is 19.1 Å². The minimum atomic E-state index is 0.335. The Hall–Kier alpha value is -1.06. The molecule has 3 heteroatoms. The van der Waals surface area contributed by atoms with Crippen LogP contribution in [0.4, 0.5) is 0 Å². The van der Waals surface area contributed by atoms with Crippen LogP contribution in [0.25, 0.3) is 0 Å². The molecule has 0 amide bonds. The molecule has 0 saturated carbocycles. The third kappa shape index (κ3) is 2.99. The maximum Gasteiger partial charge on any atom is 0.119 e. The van der Waals surface area contributed by atoms with Crippen LogP contribution in [0.1, 0.15) is 24.3 Å². The van der Waals surface area contributed by atoms with Gasteiger partial charge in [-0.25, -0.2) is 0 Å².